The molecule has 2 aromatic rings. The number of nitrogens with zero attached hydrogens (tertiary/aromatic N) is 1. The summed E-state index contributed by atoms with van der Waals surface area (Å²) in [7, 11) is 0. The van der Waals surface area contributed by atoms with Crippen molar-refractivity contribution in [1.29, 1.82) is 0 Å². The van der Waals surface area contributed by atoms with Crippen LogP contribution in [0.3, 0.4) is 0 Å². The highest BCUT2D eigenvalue weighted by Gasteiger charge is 2.28. The molecular formula is C16H17NO2S. The Morgan fingerprint density at radius 1 is 1.25 bits per heavy atom. The fraction of sp³-hybridized carbons (Fsp3) is 0.312. The van der Waals surface area contributed by atoms with Gasteiger partial charge in [-0.1, -0.05) is 24.3 Å². The lowest BCUT2D eigenvalue weighted by Gasteiger charge is -2.33. The minimum Gasteiger partial charge on any atom is -0.373 e. The molecule has 4 heteroatoms. The molecule has 20 heavy (non-hydrogen) atoms. The molecule has 3 nitrogen and oxygen atoms in total. The number of anilines is 1. The van der Waals surface area contributed by atoms with Gasteiger partial charge < -0.3 is 5.11 Å². The Bertz CT molecular complexity index is 594. The second-order valence-corrected chi connectivity index (χ2v) is 6.05. The zero-order valence-corrected chi connectivity index (χ0v) is 12.0. The lowest BCUT2D eigenvalue weighted by molar-refractivity contribution is -0.122. The van der Waals surface area contributed by atoms with Crippen LogP contribution >= 0.6 is 11.3 Å². The van der Waals surface area contributed by atoms with Crippen LogP contribution < -0.4 is 4.90 Å². The van der Waals surface area contributed by atoms with Crippen molar-refractivity contribution in [2.75, 3.05) is 4.90 Å². The molecule has 1 aromatic carbocycles. The third kappa shape index (κ3) is 2.62. The highest BCUT2D eigenvalue weighted by Crippen LogP contribution is 2.30. The summed E-state index contributed by atoms with van der Waals surface area (Å²) in [5.41, 5.74) is 1.93. The van der Waals surface area contributed by atoms with Crippen LogP contribution in [0.5, 0.6) is 0 Å². The monoisotopic (exact) mass is 287 g/mol. The first-order valence-corrected chi connectivity index (χ1v) is 7.74. The Balaban J connectivity index is 1.94. The number of para-hydroxylation sites is 1. The number of thiophene rings is 1. The van der Waals surface area contributed by atoms with Crippen molar-refractivity contribution in [3.05, 3.63) is 52.2 Å². The van der Waals surface area contributed by atoms with Gasteiger partial charge in [-0.25, -0.2) is 0 Å². The zero-order chi connectivity index (χ0) is 13.9. The molecular weight excluding hydrogens is 270 g/mol. The zero-order valence-electron chi connectivity index (χ0n) is 11.2. The van der Waals surface area contributed by atoms with E-state index < -0.39 is 6.23 Å². The lowest BCUT2D eigenvalue weighted by atomic mass is 10.0. The van der Waals surface area contributed by atoms with Gasteiger partial charge in [0.1, 0.15) is 6.23 Å². The van der Waals surface area contributed by atoms with Crippen LogP contribution in [0.15, 0.2) is 41.8 Å². The summed E-state index contributed by atoms with van der Waals surface area (Å²) in [6.07, 6.45) is 2.04. The van der Waals surface area contributed by atoms with Crippen LogP contribution in [0.4, 0.5) is 5.69 Å². The Morgan fingerprint density at radius 2 is 2.10 bits per heavy atom. The molecule has 1 fully saturated rings. The number of aliphatic hydroxyl groups excluding tert-OH is 1. The largest absolute Gasteiger partial charge is 0.373 e. The average molecular weight is 287 g/mol. The van der Waals surface area contributed by atoms with Gasteiger partial charge in [0, 0.05) is 23.4 Å². The van der Waals surface area contributed by atoms with Crippen molar-refractivity contribution in [3.8, 4) is 0 Å². The molecule has 1 atom stereocenters. The summed E-state index contributed by atoms with van der Waals surface area (Å²) in [6, 6.07) is 12.0. The molecule has 1 saturated heterocycles. The second-order valence-electron chi connectivity index (χ2n) is 5.02. The third-order valence-electron chi connectivity index (χ3n) is 3.62. The summed E-state index contributed by atoms with van der Waals surface area (Å²) in [5.74, 6) is 0.0161. The number of benzene rings is 1. The fourth-order valence-electron chi connectivity index (χ4n) is 2.64. The first kappa shape index (κ1) is 13.3. The van der Waals surface area contributed by atoms with Crippen molar-refractivity contribution in [3.63, 3.8) is 0 Å². The van der Waals surface area contributed by atoms with Gasteiger partial charge in [0.25, 0.3) is 0 Å². The SMILES string of the molecule is O=C1CCCC(O)N1c1ccccc1Cc1cccs1. The quantitative estimate of drug-likeness (QED) is 0.942. The third-order valence-corrected chi connectivity index (χ3v) is 4.49. The second kappa shape index (κ2) is 5.77. The van der Waals surface area contributed by atoms with Gasteiger partial charge in [-0.2, -0.15) is 0 Å². The smallest absolute Gasteiger partial charge is 0.229 e. The molecule has 0 radical (unpaired) electrons. The molecule has 2 heterocycles. The molecule has 3 rings (SSSR count). The fourth-order valence-corrected chi connectivity index (χ4v) is 3.37. The molecule has 1 N–H and O–H groups in total. The van der Waals surface area contributed by atoms with Crippen molar-refractivity contribution >= 4 is 22.9 Å². The number of carbonyl (C=O) groups excluding carboxylic acids is 1. The van der Waals surface area contributed by atoms with Crippen LogP contribution in [0, 0.1) is 0 Å². The summed E-state index contributed by atoms with van der Waals surface area (Å²) < 4.78 is 0. The number of aliphatic hydroxyl groups is 1. The Labute approximate surface area is 122 Å². The first-order chi connectivity index (χ1) is 9.75. The standard InChI is InChI=1S/C16H17NO2S/c18-15-8-3-9-16(19)17(15)14-7-2-1-5-12(14)11-13-6-4-10-20-13/h1-2,4-7,10,15,18H,3,8-9,11H2. The van der Waals surface area contributed by atoms with Crippen molar-refractivity contribution in [1.82, 2.24) is 0 Å². The van der Waals surface area contributed by atoms with Gasteiger partial charge in [-0.05, 0) is 35.9 Å². The van der Waals surface area contributed by atoms with E-state index in [1.54, 1.807) is 16.2 Å². The van der Waals surface area contributed by atoms with E-state index in [1.807, 2.05) is 30.3 Å². The molecule has 1 unspecified atom stereocenters. The van der Waals surface area contributed by atoms with E-state index in [0.717, 1.165) is 24.1 Å². The lowest BCUT2D eigenvalue weighted by Crippen LogP contribution is -2.44. The Morgan fingerprint density at radius 3 is 2.85 bits per heavy atom. The highest BCUT2D eigenvalue weighted by molar-refractivity contribution is 7.09. The van der Waals surface area contributed by atoms with Gasteiger partial charge in [-0.3, -0.25) is 9.69 Å². The van der Waals surface area contributed by atoms with Crippen LogP contribution in [0.25, 0.3) is 0 Å². The van der Waals surface area contributed by atoms with Gasteiger partial charge in [0.05, 0.1) is 0 Å². The van der Waals surface area contributed by atoms with E-state index in [1.165, 1.54) is 4.88 Å². The first-order valence-electron chi connectivity index (χ1n) is 6.86. The molecule has 1 aliphatic heterocycles. The van der Waals surface area contributed by atoms with Crippen molar-refractivity contribution < 1.29 is 9.90 Å². The highest BCUT2D eigenvalue weighted by atomic mass is 32.1. The predicted molar refractivity (Wildman–Crippen MR) is 80.9 cm³/mol. The van der Waals surface area contributed by atoms with E-state index in [-0.39, 0.29) is 5.91 Å². The summed E-state index contributed by atoms with van der Waals surface area (Å²) in [5, 5.41) is 12.2. The molecule has 0 aliphatic carbocycles. The topological polar surface area (TPSA) is 40.5 Å². The number of piperidine rings is 1. The minimum atomic E-state index is -0.694. The molecule has 104 valence electrons. The molecule has 1 aliphatic rings. The molecule has 1 amide bonds. The number of rotatable bonds is 3. The molecule has 0 saturated carbocycles. The average Bonchev–Trinajstić information content (AvgIpc) is 2.93. The number of hydrogen-bond acceptors (Lipinski definition) is 3. The van der Waals surface area contributed by atoms with Gasteiger partial charge in [0.2, 0.25) is 5.91 Å². The van der Waals surface area contributed by atoms with Crippen LogP contribution in [-0.4, -0.2) is 17.2 Å². The maximum Gasteiger partial charge on any atom is 0.229 e. The van der Waals surface area contributed by atoms with E-state index in [4.69, 9.17) is 0 Å². The van der Waals surface area contributed by atoms with Crippen LogP contribution in [-0.2, 0) is 11.2 Å². The van der Waals surface area contributed by atoms with Gasteiger partial charge >= 0.3 is 0 Å². The van der Waals surface area contributed by atoms with Gasteiger partial charge in [-0.15, -0.1) is 11.3 Å². The molecule has 0 bridgehead atoms. The number of amides is 1. The maximum absolute atomic E-state index is 12.1. The predicted octanol–water partition coefficient (Wildman–Crippen LogP) is 3.17. The molecule has 1 aromatic heterocycles. The van der Waals surface area contributed by atoms with Crippen molar-refractivity contribution in [2.45, 2.75) is 31.9 Å². The minimum absolute atomic E-state index is 0.0161. The normalized spacial score (nSPS) is 19.4. The Kier molecular flexibility index (Phi) is 3.85. The van der Waals surface area contributed by atoms with E-state index in [9.17, 15) is 9.90 Å². The van der Waals surface area contributed by atoms with Gasteiger partial charge in [0.15, 0.2) is 0 Å². The Hall–Kier alpha value is -1.65. The van der Waals surface area contributed by atoms with Crippen LogP contribution in [0.1, 0.15) is 29.7 Å². The molecule has 0 spiro atoms. The maximum atomic E-state index is 12.1. The van der Waals surface area contributed by atoms with E-state index in [2.05, 4.69) is 11.4 Å². The number of carbonyl (C=O) groups is 1. The van der Waals surface area contributed by atoms with E-state index in [0.29, 0.717) is 12.8 Å². The summed E-state index contributed by atoms with van der Waals surface area (Å²) in [4.78, 5) is 15.0. The summed E-state index contributed by atoms with van der Waals surface area (Å²) >= 11 is 1.71. The van der Waals surface area contributed by atoms with E-state index >= 15 is 0 Å². The van der Waals surface area contributed by atoms with Crippen LogP contribution in [0.2, 0.25) is 0 Å². The summed E-state index contributed by atoms with van der Waals surface area (Å²) in [6.45, 7) is 0. The van der Waals surface area contributed by atoms with Crippen molar-refractivity contribution in [2.24, 2.45) is 0 Å². The number of hydrogen-bond donors (Lipinski definition) is 1.